The normalized spacial score (nSPS) is 31.9. The Balaban J connectivity index is 0.00000210. The van der Waals surface area contributed by atoms with Crippen LogP contribution in [0.1, 0.15) is 48.9 Å². The molecule has 0 saturated heterocycles. The van der Waals surface area contributed by atoms with E-state index in [1.165, 1.54) is 19.3 Å². The first-order chi connectivity index (χ1) is 12.4. The monoisotopic (exact) mass is 390 g/mol. The zero-order valence-electron chi connectivity index (χ0n) is 16.1. The average molecular weight is 391 g/mol. The van der Waals surface area contributed by atoms with Crippen molar-refractivity contribution in [2.24, 2.45) is 23.2 Å². The molecule has 4 bridgehead atoms. The van der Waals surface area contributed by atoms with Crippen molar-refractivity contribution >= 4 is 11.8 Å². The zero-order chi connectivity index (χ0) is 18.3. The van der Waals surface area contributed by atoms with E-state index >= 15 is 0 Å². The molecule has 27 heavy (non-hydrogen) atoms. The van der Waals surface area contributed by atoms with Crippen molar-refractivity contribution in [1.82, 2.24) is 15.8 Å². The van der Waals surface area contributed by atoms with Crippen LogP contribution in [0.4, 0.5) is 0 Å². The summed E-state index contributed by atoms with van der Waals surface area (Å²) in [5.41, 5.74) is 3.43. The highest BCUT2D eigenvalue weighted by atomic mass is 35.5. The molecule has 1 unspecified atom stereocenters. The summed E-state index contributed by atoms with van der Waals surface area (Å²) in [5.74, 6) is 1.94. The maximum atomic E-state index is 13.1. The second kappa shape index (κ2) is 7.80. The number of carbonyl (C=O) groups is 2. The van der Waals surface area contributed by atoms with Crippen LogP contribution in [0.3, 0.4) is 0 Å². The van der Waals surface area contributed by atoms with Gasteiger partial charge in [-0.2, -0.15) is 0 Å². The Labute approximate surface area is 167 Å². The second-order valence-corrected chi connectivity index (χ2v) is 8.92. The van der Waals surface area contributed by atoms with Crippen molar-refractivity contribution in [1.29, 1.82) is 0 Å². The van der Waals surface area contributed by atoms with Gasteiger partial charge in [-0.3, -0.25) is 15.0 Å². The number of hydrogen-bond acceptors (Lipinski definition) is 3. The van der Waals surface area contributed by atoms with E-state index in [0.29, 0.717) is 5.56 Å². The molecule has 1 atom stereocenters. The van der Waals surface area contributed by atoms with Crippen molar-refractivity contribution in [3.8, 4) is 0 Å². The SMILES string of the molecule is CN(C)NC(=O)C(NC(=O)c1ccccc1)C12CC3CC(CC(C3)C1)C2.[Cl-]. The van der Waals surface area contributed by atoms with Crippen LogP contribution in [0.5, 0.6) is 0 Å². The number of carbonyl (C=O) groups excluding carboxylic acids is 2. The Bertz CT molecular complexity index is 657. The van der Waals surface area contributed by atoms with Gasteiger partial charge in [0.05, 0.1) is 0 Å². The lowest BCUT2D eigenvalue weighted by molar-refractivity contribution is -0.138. The van der Waals surface area contributed by atoms with Crippen LogP contribution in [-0.2, 0) is 4.79 Å². The topological polar surface area (TPSA) is 61.4 Å². The summed E-state index contributed by atoms with van der Waals surface area (Å²) in [7, 11) is 3.63. The fraction of sp³-hybridized carbons (Fsp3) is 0.619. The molecule has 2 N–H and O–H groups in total. The summed E-state index contributed by atoms with van der Waals surface area (Å²) in [6.07, 6.45) is 7.15. The van der Waals surface area contributed by atoms with Crippen molar-refractivity contribution in [3.05, 3.63) is 35.9 Å². The molecule has 1 aromatic carbocycles. The second-order valence-electron chi connectivity index (χ2n) is 8.92. The van der Waals surface area contributed by atoms with Gasteiger partial charge in [0.1, 0.15) is 6.04 Å². The highest BCUT2D eigenvalue weighted by molar-refractivity contribution is 5.97. The van der Waals surface area contributed by atoms with Gasteiger partial charge >= 0.3 is 0 Å². The molecule has 0 radical (unpaired) electrons. The van der Waals surface area contributed by atoms with Gasteiger partial charge in [0, 0.05) is 25.1 Å². The van der Waals surface area contributed by atoms with E-state index in [1.807, 2.05) is 32.3 Å². The standard InChI is InChI=1S/C21H29N3O2.ClH/c1-24(2)23-20(26)18(22-19(25)17-6-4-3-5-7-17)21-11-14-8-15(12-21)10-16(9-14)13-21;/h3-7,14-16,18H,8-13H2,1-2H3,(H,22,25)(H,23,26);1H/p-1. The van der Waals surface area contributed by atoms with Crippen LogP contribution >= 0.6 is 0 Å². The Morgan fingerprint density at radius 3 is 2.00 bits per heavy atom. The van der Waals surface area contributed by atoms with Crippen molar-refractivity contribution in [2.45, 2.75) is 44.6 Å². The number of benzene rings is 1. The number of halogens is 1. The molecule has 6 heteroatoms. The van der Waals surface area contributed by atoms with Crippen LogP contribution in [0, 0.1) is 23.2 Å². The van der Waals surface area contributed by atoms with Crippen LogP contribution in [-0.4, -0.2) is 37.0 Å². The van der Waals surface area contributed by atoms with Gasteiger partial charge < -0.3 is 17.7 Å². The number of hydrogen-bond donors (Lipinski definition) is 2. The van der Waals surface area contributed by atoms with Crippen LogP contribution in [0.15, 0.2) is 30.3 Å². The van der Waals surface area contributed by atoms with Gasteiger partial charge in [0.25, 0.3) is 11.8 Å². The molecule has 5 rings (SSSR count). The lowest BCUT2D eigenvalue weighted by Gasteiger charge is -2.59. The Kier molecular flexibility index (Phi) is 5.82. The van der Waals surface area contributed by atoms with Gasteiger partial charge in [0.2, 0.25) is 0 Å². The summed E-state index contributed by atoms with van der Waals surface area (Å²) in [6, 6.07) is 8.74. The lowest BCUT2D eigenvalue weighted by atomic mass is 9.47. The summed E-state index contributed by atoms with van der Waals surface area (Å²) >= 11 is 0. The molecule has 0 aliphatic heterocycles. The summed E-state index contributed by atoms with van der Waals surface area (Å²) in [5, 5.41) is 4.79. The van der Waals surface area contributed by atoms with Gasteiger partial charge in [-0.15, -0.1) is 0 Å². The molecule has 148 valence electrons. The number of amides is 2. The highest BCUT2D eigenvalue weighted by Gasteiger charge is 2.56. The minimum atomic E-state index is -0.467. The summed E-state index contributed by atoms with van der Waals surface area (Å²) < 4.78 is 0. The first-order valence-electron chi connectivity index (χ1n) is 9.79. The highest BCUT2D eigenvalue weighted by Crippen LogP contribution is 2.61. The minimum absolute atomic E-state index is 0. The number of hydrazine groups is 1. The van der Waals surface area contributed by atoms with E-state index < -0.39 is 6.04 Å². The van der Waals surface area contributed by atoms with E-state index in [0.717, 1.165) is 37.0 Å². The smallest absolute Gasteiger partial charge is 0.257 e. The number of nitrogens with zero attached hydrogens (tertiary/aromatic N) is 1. The Morgan fingerprint density at radius 2 is 1.52 bits per heavy atom. The summed E-state index contributed by atoms with van der Waals surface area (Å²) in [4.78, 5) is 25.9. The van der Waals surface area contributed by atoms with Gasteiger partial charge in [-0.25, -0.2) is 5.01 Å². The van der Waals surface area contributed by atoms with E-state index in [9.17, 15) is 9.59 Å². The fourth-order valence-corrected chi connectivity index (χ4v) is 6.12. The Hall–Kier alpha value is -1.59. The van der Waals surface area contributed by atoms with E-state index in [2.05, 4.69) is 10.7 Å². The largest absolute Gasteiger partial charge is 1.00 e. The summed E-state index contributed by atoms with van der Waals surface area (Å²) in [6.45, 7) is 0. The third kappa shape index (κ3) is 3.99. The van der Waals surface area contributed by atoms with Crippen LogP contribution in [0.2, 0.25) is 0 Å². The van der Waals surface area contributed by atoms with Gasteiger partial charge in [0.15, 0.2) is 0 Å². The molecule has 2 amide bonds. The maximum Gasteiger partial charge on any atom is 0.257 e. The lowest BCUT2D eigenvalue weighted by Crippen LogP contribution is -3.00. The molecule has 0 aromatic heterocycles. The molecule has 1 aromatic rings. The molecule has 0 spiro atoms. The fourth-order valence-electron chi connectivity index (χ4n) is 6.12. The number of nitrogens with one attached hydrogen (secondary N) is 2. The molecule has 4 fully saturated rings. The zero-order valence-corrected chi connectivity index (χ0v) is 16.8. The van der Waals surface area contributed by atoms with Crippen LogP contribution < -0.4 is 23.1 Å². The van der Waals surface area contributed by atoms with E-state index in [1.54, 1.807) is 17.1 Å². The molecule has 4 aliphatic carbocycles. The minimum Gasteiger partial charge on any atom is -1.00 e. The van der Waals surface area contributed by atoms with Crippen molar-refractivity contribution in [2.75, 3.05) is 14.1 Å². The van der Waals surface area contributed by atoms with Crippen LogP contribution in [0.25, 0.3) is 0 Å². The molecule has 0 heterocycles. The molecular formula is C21H29ClN3O2-. The Morgan fingerprint density at radius 1 is 1.00 bits per heavy atom. The average Bonchev–Trinajstić information content (AvgIpc) is 2.58. The first-order valence-corrected chi connectivity index (χ1v) is 9.79. The van der Waals surface area contributed by atoms with Crippen molar-refractivity contribution in [3.63, 3.8) is 0 Å². The molecule has 4 aliphatic rings. The number of rotatable bonds is 5. The third-order valence-corrected chi connectivity index (χ3v) is 6.61. The maximum absolute atomic E-state index is 13.1. The molecular weight excluding hydrogens is 362 g/mol. The predicted molar refractivity (Wildman–Crippen MR) is 100 cm³/mol. The first kappa shape index (κ1) is 20.2. The quantitative estimate of drug-likeness (QED) is 0.672. The van der Waals surface area contributed by atoms with E-state index in [-0.39, 0.29) is 29.6 Å². The molecule has 5 nitrogen and oxygen atoms in total. The predicted octanol–water partition coefficient (Wildman–Crippen LogP) is -0.402. The van der Waals surface area contributed by atoms with Crippen molar-refractivity contribution < 1.29 is 22.0 Å². The third-order valence-electron chi connectivity index (χ3n) is 6.61. The van der Waals surface area contributed by atoms with E-state index in [4.69, 9.17) is 0 Å². The van der Waals surface area contributed by atoms with Gasteiger partial charge in [-0.05, 0) is 68.4 Å². The van der Waals surface area contributed by atoms with Gasteiger partial charge in [-0.1, -0.05) is 18.2 Å². The molecule has 4 saturated carbocycles.